The summed E-state index contributed by atoms with van der Waals surface area (Å²) >= 11 is 0. The van der Waals surface area contributed by atoms with Gasteiger partial charge in [-0.25, -0.2) is 0 Å². The third kappa shape index (κ3) is 6.97. The van der Waals surface area contributed by atoms with Gasteiger partial charge in [0.15, 0.2) is 0 Å². The van der Waals surface area contributed by atoms with Gasteiger partial charge in [0.1, 0.15) is 30.2 Å². The number of rotatable bonds is 12. The molecule has 1 saturated heterocycles. The predicted molar refractivity (Wildman–Crippen MR) is 103 cm³/mol. The van der Waals surface area contributed by atoms with Crippen LogP contribution in [0.1, 0.15) is 31.7 Å². The summed E-state index contributed by atoms with van der Waals surface area (Å²) in [5, 5.41) is 42.1. The Labute approximate surface area is 166 Å². The molecule has 0 radical (unpaired) electrons. The standard InChI is InChI=1S/C20H33NO7/c1-2-3-4-10-26-11-9-21-12-14-5-7-15(8-6-14)27-20-19(25)18(24)17(23)16(13-22)28-20/h5-8,16-25H,2-4,9-13H2,1H3. The maximum absolute atomic E-state index is 10.0. The van der Waals surface area contributed by atoms with Gasteiger partial charge in [-0.15, -0.1) is 0 Å². The van der Waals surface area contributed by atoms with Gasteiger partial charge in [0, 0.05) is 19.7 Å². The zero-order chi connectivity index (χ0) is 20.4. The van der Waals surface area contributed by atoms with Crippen LogP contribution in [-0.2, 0) is 16.0 Å². The molecular formula is C20H33NO7. The molecule has 1 aromatic carbocycles. The lowest BCUT2D eigenvalue weighted by atomic mass is 9.99. The Morgan fingerprint density at radius 2 is 1.75 bits per heavy atom. The average molecular weight is 399 g/mol. The first-order valence-electron chi connectivity index (χ1n) is 9.91. The van der Waals surface area contributed by atoms with Gasteiger partial charge in [-0.3, -0.25) is 0 Å². The normalized spacial score (nSPS) is 27.7. The van der Waals surface area contributed by atoms with Crippen LogP contribution in [0.5, 0.6) is 5.75 Å². The summed E-state index contributed by atoms with van der Waals surface area (Å²) in [4.78, 5) is 0. The van der Waals surface area contributed by atoms with E-state index in [9.17, 15) is 20.4 Å². The van der Waals surface area contributed by atoms with E-state index in [4.69, 9.17) is 14.2 Å². The van der Waals surface area contributed by atoms with Crippen molar-refractivity contribution in [1.29, 1.82) is 0 Å². The summed E-state index contributed by atoms with van der Waals surface area (Å²) in [5.41, 5.74) is 1.06. The number of nitrogens with one attached hydrogen (secondary N) is 1. The molecule has 5 unspecified atom stereocenters. The monoisotopic (exact) mass is 399 g/mol. The first kappa shape index (κ1) is 23.0. The molecule has 0 aromatic heterocycles. The van der Waals surface area contributed by atoms with Crippen LogP contribution in [0, 0.1) is 0 Å². The molecule has 0 amide bonds. The van der Waals surface area contributed by atoms with Crippen molar-refractivity contribution in [2.24, 2.45) is 0 Å². The topological polar surface area (TPSA) is 121 Å². The highest BCUT2D eigenvalue weighted by Crippen LogP contribution is 2.24. The number of aliphatic hydroxyl groups is 4. The first-order valence-corrected chi connectivity index (χ1v) is 9.91. The summed E-state index contributed by atoms with van der Waals surface area (Å²) in [5.74, 6) is 0.451. The number of aliphatic hydroxyl groups excluding tert-OH is 4. The number of benzene rings is 1. The molecule has 160 valence electrons. The third-order valence-electron chi connectivity index (χ3n) is 4.67. The van der Waals surface area contributed by atoms with Crippen molar-refractivity contribution in [2.45, 2.75) is 63.4 Å². The smallest absolute Gasteiger partial charge is 0.229 e. The van der Waals surface area contributed by atoms with Crippen molar-refractivity contribution in [3.8, 4) is 5.75 Å². The quantitative estimate of drug-likeness (QED) is 0.315. The Kier molecular flexibility index (Phi) is 10.1. The van der Waals surface area contributed by atoms with Crippen LogP contribution >= 0.6 is 0 Å². The first-order chi connectivity index (χ1) is 13.6. The average Bonchev–Trinajstić information content (AvgIpc) is 2.71. The largest absolute Gasteiger partial charge is 0.462 e. The van der Waals surface area contributed by atoms with E-state index >= 15 is 0 Å². The van der Waals surface area contributed by atoms with E-state index in [1.807, 2.05) is 12.1 Å². The molecule has 5 N–H and O–H groups in total. The number of hydrogen-bond acceptors (Lipinski definition) is 8. The zero-order valence-corrected chi connectivity index (χ0v) is 16.4. The third-order valence-corrected chi connectivity index (χ3v) is 4.67. The van der Waals surface area contributed by atoms with Gasteiger partial charge in [0.25, 0.3) is 0 Å². The Morgan fingerprint density at radius 3 is 2.43 bits per heavy atom. The second-order valence-electron chi connectivity index (χ2n) is 6.96. The second-order valence-corrected chi connectivity index (χ2v) is 6.96. The Balaban J connectivity index is 1.72. The fourth-order valence-electron chi connectivity index (χ4n) is 2.92. The van der Waals surface area contributed by atoms with Crippen LogP contribution < -0.4 is 10.1 Å². The number of unbranched alkanes of at least 4 members (excludes halogenated alkanes) is 2. The molecule has 0 aliphatic carbocycles. The molecule has 0 saturated carbocycles. The lowest BCUT2D eigenvalue weighted by Crippen LogP contribution is -2.60. The van der Waals surface area contributed by atoms with Crippen molar-refractivity contribution in [1.82, 2.24) is 5.32 Å². The van der Waals surface area contributed by atoms with Crippen LogP contribution in [0.15, 0.2) is 24.3 Å². The minimum Gasteiger partial charge on any atom is -0.462 e. The highest BCUT2D eigenvalue weighted by molar-refractivity contribution is 5.27. The minimum atomic E-state index is -1.46. The molecule has 0 bridgehead atoms. The van der Waals surface area contributed by atoms with Crippen LogP contribution in [0.4, 0.5) is 0 Å². The Bertz CT molecular complexity index is 540. The van der Waals surface area contributed by atoms with E-state index in [-0.39, 0.29) is 0 Å². The van der Waals surface area contributed by atoms with Gasteiger partial charge in [-0.1, -0.05) is 31.9 Å². The second kappa shape index (κ2) is 12.3. The van der Waals surface area contributed by atoms with E-state index in [0.29, 0.717) is 18.9 Å². The van der Waals surface area contributed by atoms with E-state index in [1.54, 1.807) is 12.1 Å². The maximum atomic E-state index is 10.0. The van der Waals surface area contributed by atoms with Gasteiger partial charge in [-0.2, -0.15) is 0 Å². The van der Waals surface area contributed by atoms with Crippen LogP contribution in [-0.4, -0.2) is 77.5 Å². The molecule has 8 heteroatoms. The van der Waals surface area contributed by atoms with Crippen molar-refractivity contribution < 1.29 is 34.6 Å². The molecule has 8 nitrogen and oxygen atoms in total. The maximum Gasteiger partial charge on any atom is 0.229 e. The summed E-state index contributed by atoms with van der Waals surface area (Å²) in [6.07, 6.45) is -2.95. The molecule has 1 aliphatic rings. The summed E-state index contributed by atoms with van der Waals surface area (Å²) in [6.45, 7) is 4.63. The van der Waals surface area contributed by atoms with Crippen LogP contribution in [0.3, 0.4) is 0 Å². The van der Waals surface area contributed by atoms with Crippen LogP contribution in [0.2, 0.25) is 0 Å². The zero-order valence-electron chi connectivity index (χ0n) is 16.4. The van der Waals surface area contributed by atoms with E-state index in [2.05, 4.69) is 12.2 Å². The van der Waals surface area contributed by atoms with Crippen molar-refractivity contribution in [3.63, 3.8) is 0 Å². The number of hydrogen-bond donors (Lipinski definition) is 5. The summed E-state index contributed by atoms with van der Waals surface area (Å²) < 4.78 is 16.4. The predicted octanol–water partition coefficient (Wildman–Crippen LogP) is 0.162. The lowest BCUT2D eigenvalue weighted by molar-refractivity contribution is -0.277. The molecule has 1 aromatic rings. The van der Waals surface area contributed by atoms with Gasteiger partial charge < -0.3 is 40.0 Å². The molecule has 0 spiro atoms. The van der Waals surface area contributed by atoms with E-state index < -0.39 is 37.3 Å². The van der Waals surface area contributed by atoms with Crippen molar-refractivity contribution in [2.75, 3.05) is 26.4 Å². The molecule has 5 atom stereocenters. The molecule has 1 aliphatic heterocycles. The Morgan fingerprint density at radius 1 is 1.00 bits per heavy atom. The Hall–Kier alpha value is -1.26. The van der Waals surface area contributed by atoms with E-state index in [1.165, 1.54) is 12.8 Å². The van der Waals surface area contributed by atoms with E-state index in [0.717, 1.165) is 25.1 Å². The van der Waals surface area contributed by atoms with Crippen LogP contribution in [0.25, 0.3) is 0 Å². The lowest BCUT2D eigenvalue weighted by Gasteiger charge is -2.39. The fourth-order valence-corrected chi connectivity index (χ4v) is 2.92. The molecule has 1 heterocycles. The van der Waals surface area contributed by atoms with Gasteiger partial charge in [-0.05, 0) is 24.1 Å². The molecule has 2 rings (SSSR count). The number of ether oxygens (including phenoxy) is 3. The van der Waals surface area contributed by atoms with Crippen molar-refractivity contribution in [3.05, 3.63) is 29.8 Å². The highest BCUT2D eigenvalue weighted by atomic mass is 16.7. The minimum absolute atomic E-state index is 0.451. The molecular weight excluding hydrogens is 366 g/mol. The van der Waals surface area contributed by atoms with Crippen molar-refractivity contribution >= 4 is 0 Å². The van der Waals surface area contributed by atoms with Gasteiger partial charge >= 0.3 is 0 Å². The summed E-state index contributed by atoms with van der Waals surface area (Å²) in [7, 11) is 0. The van der Waals surface area contributed by atoms with Gasteiger partial charge in [0.2, 0.25) is 6.29 Å². The SMILES string of the molecule is CCCCCOCCNCc1ccc(OC2OC(CO)C(O)C(O)C2O)cc1. The molecule has 28 heavy (non-hydrogen) atoms. The fraction of sp³-hybridized carbons (Fsp3) is 0.700. The van der Waals surface area contributed by atoms with Gasteiger partial charge in [0.05, 0.1) is 13.2 Å². The highest BCUT2D eigenvalue weighted by Gasteiger charge is 2.44. The molecule has 1 fully saturated rings. The summed E-state index contributed by atoms with van der Waals surface area (Å²) in [6, 6.07) is 7.24.